The Bertz CT molecular complexity index is 733. The zero-order chi connectivity index (χ0) is 17.9. The summed E-state index contributed by atoms with van der Waals surface area (Å²) >= 11 is 0. The van der Waals surface area contributed by atoms with E-state index >= 15 is 0 Å². The Morgan fingerprint density at radius 2 is 2.08 bits per heavy atom. The molecule has 1 aliphatic heterocycles. The first-order valence-corrected chi connectivity index (χ1v) is 10.5. The Labute approximate surface area is 156 Å². The Morgan fingerprint density at radius 3 is 2.85 bits per heavy atom. The van der Waals surface area contributed by atoms with E-state index in [0.29, 0.717) is 17.1 Å². The molecule has 5 rings (SSSR count). The topological polar surface area (TPSA) is 35.5 Å². The van der Waals surface area contributed by atoms with E-state index in [4.69, 9.17) is 9.47 Å². The van der Waals surface area contributed by atoms with Gasteiger partial charge in [-0.25, -0.2) is 0 Å². The summed E-state index contributed by atoms with van der Waals surface area (Å²) < 4.78 is 11.7. The van der Waals surface area contributed by atoms with Crippen LogP contribution >= 0.6 is 0 Å². The summed E-state index contributed by atoms with van der Waals surface area (Å²) in [6, 6.07) is 6.34. The van der Waals surface area contributed by atoms with Gasteiger partial charge in [-0.15, -0.1) is 0 Å². The maximum atomic E-state index is 11.3. The first kappa shape index (κ1) is 16.8. The SMILES string of the molecule is CC(=O)Oc1ccc2c(c1)CCC1C2CC[C@@]2(C)C1CCC21CCCO1. The summed E-state index contributed by atoms with van der Waals surface area (Å²) in [6.45, 7) is 4.99. The average molecular weight is 354 g/mol. The summed E-state index contributed by atoms with van der Waals surface area (Å²) in [5.41, 5.74) is 3.48. The van der Waals surface area contributed by atoms with Gasteiger partial charge >= 0.3 is 5.97 Å². The lowest BCUT2D eigenvalue weighted by atomic mass is 9.53. The first-order chi connectivity index (χ1) is 12.5. The summed E-state index contributed by atoms with van der Waals surface area (Å²) in [4.78, 5) is 11.3. The predicted octanol–water partition coefficient (Wildman–Crippen LogP) is 5.02. The largest absolute Gasteiger partial charge is 0.427 e. The number of hydrogen-bond donors (Lipinski definition) is 0. The van der Waals surface area contributed by atoms with Crippen LogP contribution in [0, 0.1) is 17.3 Å². The summed E-state index contributed by atoms with van der Waals surface area (Å²) in [6.07, 6.45) is 10.1. The third-order valence-electron chi connectivity index (χ3n) is 8.35. The van der Waals surface area contributed by atoms with Crippen molar-refractivity contribution in [3.8, 4) is 5.75 Å². The Balaban J connectivity index is 1.44. The number of ether oxygens (including phenoxy) is 2. The van der Waals surface area contributed by atoms with Crippen LogP contribution in [0.4, 0.5) is 0 Å². The van der Waals surface area contributed by atoms with E-state index in [2.05, 4.69) is 19.1 Å². The van der Waals surface area contributed by atoms with Crippen molar-refractivity contribution in [3.63, 3.8) is 0 Å². The standard InChI is InChI=1S/C23H30O3/c1-15(24)26-17-5-7-18-16(14-17)4-6-20-19(18)8-11-22(2)21(20)9-12-23(22)10-3-13-25-23/h5,7,14,19-21H,3-4,6,8-13H2,1-2H3/t19?,20?,21?,22-,23?/m0/s1. The van der Waals surface area contributed by atoms with Crippen LogP contribution in [-0.4, -0.2) is 18.2 Å². The van der Waals surface area contributed by atoms with Gasteiger partial charge in [-0.2, -0.15) is 0 Å². The molecule has 1 heterocycles. The second-order valence-electron chi connectivity index (χ2n) is 9.31. The molecule has 3 aliphatic carbocycles. The molecule has 0 aromatic heterocycles. The fourth-order valence-corrected chi connectivity index (χ4v) is 7.23. The molecule has 1 spiro atoms. The lowest BCUT2D eigenvalue weighted by Crippen LogP contribution is -2.50. The number of aryl methyl sites for hydroxylation is 1. The van der Waals surface area contributed by atoms with Gasteiger partial charge in [0.15, 0.2) is 0 Å². The van der Waals surface area contributed by atoms with Gasteiger partial charge in [0.1, 0.15) is 5.75 Å². The van der Waals surface area contributed by atoms with Gasteiger partial charge < -0.3 is 9.47 Å². The highest BCUT2D eigenvalue weighted by atomic mass is 16.5. The molecule has 1 saturated heterocycles. The molecule has 3 heteroatoms. The molecule has 3 fully saturated rings. The van der Waals surface area contributed by atoms with Crippen molar-refractivity contribution >= 4 is 5.97 Å². The molecule has 2 saturated carbocycles. The van der Waals surface area contributed by atoms with Crippen LogP contribution in [0.15, 0.2) is 18.2 Å². The third kappa shape index (κ3) is 2.25. The van der Waals surface area contributed by atoms with Gasteiger partial charge in [-0.05, 0) is 97.8 Å². The second-order valence-corrected chi connectivity index (χ2v) is 9.31. The number of carbonyl (C=O) groups is 1. The highest BCUT2D eigenvalue weighted by Crippen LogP contribution is 2.67. The van der Waals surface area contributed by atoms with E-state index in [1.165, 1.54) is 63.0 Å². The minimum Gasteiger partial charge on any atom is -0.427 e. The number of hydrogen-bond acceptors (Lipinski definition) is 3. The van der Waals surface area contributed by atoms with Gasteiger partial charge in [0.2, 0.25) is 0 Å². The van der Waals surface area contributed by atoms with Crippen LogP contribution in [0.3, 0.4) is 0 Å². The molecule has 0 radical (unpaired) electrons. The van der Waals surface area contributed by atoms with Crippen LogP contribution in [0.25, 0.3) is 0 Å². The molecule has 1 aromatic rings. The molecule has 4 unspecified atom stereocenters. The molecule has 0 bridgehead atoms. The monoisotopic (exact) mass is 354 g/mol. The van der Waals surface area contributed by atoms with E-state index in [9.17, 15) is 4.79 Å². The first-order valence-electron chi connectivity index (χ1n) is 10.5. The van der Waals surface area contributed by atoms with E-state index in [-0.39, 0.29) is 11.6 Å². The molecule has 5 atom stereocenters. The summed E-state index contributed by atoms with van der Waals surface area (Å²) in [5.74, 6) is 2.75. The van der Waals surface area contributed by atoms with E-state index in [0.717, 1.165) is 24.9 Å². The van der Waals surface area contributed by atoms with Crippen LogP contribution in [0.1, 0.15) is 75.8 Å². The highest BCUT2D eigenvalue weighted by Gasteiger charge is 2.63. The van der Waals surface area contributed by atoms with Crippen molar-refractivity contribution in [1.29, 1.82) is 0 Å². The van der Waals surface area contributed by atoms with Gasteiger partial charge in [0, 0.05) is 13.5 Å². The van der Waals surface area contributed by atoms with Crippen LogP contribution < -0.4 is 4.74 Å². The number of esters is 1. The number of carbonyl (C=O) groups excluding carboxylic acids is 1. The molecule has 1 aromatic carbocycles. The van der Waals surface area contributed by atoms with Crippen LogP contribution in [0.5, 0.6) is 5.75 Å². The molecule has 26 heavy (non-hydrogen) atoms. The highest BCUT2D eigenvalue weighted by molar-refractivity contribution is 5.69. The zero-order valence-electron chi connectivity index (χ0n) is 16.1. The fraction of sp³-hybridized carbons (Fsp3) is 0.696. The van der Waals surface area contributed by atoms with Crippen LogP contribution in [0.2, 0.25) is 0 Å². The van der Waals surface area contributed by atoms with Gasteiger partial charge in [0.05, 0.1) is 5.60 Å². The third-order valence-corrected chi connectivity index (χ3v) is 8.35. The summed E-state index contributed by atoms with van der Waals surface area (Å²) in [5, 5.41) is 0. The van der Waals surface area contributed by atoms with Crippen molar-refractivity contribution in [1.82, 2.24) is 0 Å². The smallest absolute Gasteiger partial charge is 0.308 e. The molecule has 4 aliphatic rings. The molecular formula is C23H30O3. The maximum absolute atomic E-state index is 11.3. The minimum absolute atomic E-state index is 0.183. The van der Waals surface area contributed by atoms with Gasteiger partial charge in [0.25, 0.3) is 0 Å². The number of fused-ring (bicyclic) bond motifs is 6. The van der Waals surface area contributed by atoms with Crippen LogP contribution in [-0.2, 0) is 16.0 Å². The van der Waals surface area contributed by atoms with Gasteiger partial charge in [-0.1, -0.05) is 13.0 Å². The lowest BCUT2D eigenvalue weighted by molar-refractivity contribution is -0.131. The van der Waals surface area contributed by atoms with E-state index < -0.39 is 0 Å². The molecule has 3 nitrogen and oxygen atoms in total. The van der Waals surface area contributed by atoms with Gasteiger partial charge in [-0.3, -0.25) is 4.79 Å². The molecule has 0 amide bonds. The van der Waals surface area contributed by atoms with Crippen molar-refractivity contribution in [2.75, 3.05) is 6.61 Å². The Hall–Kier alpha value is -1.35. The quantitative estimate of drug-likeness (QED) is 0.525. The Kier molecular flexibility index (Phi) is 3.76. The predicted molar refractivity (Wildman–Crippen MR) is 100 cm³/mol. The maximum Gasteiger partial charge on any atom is 0.308 e. The average Bonchev–Trinajstić information content (AvgIpc) is 3.21. The van der Waals surface area contributed by atoms with Crippen molar-refractivity contribution in [3.05, 3.63) is 29.3 Å². The summed E-state index contributed by atoms with van der Waals surface area (Å²) in [7, 11) is 0. The zero-order valence-corrected chi connectivity index (χ0v) is 16.1. The number of rotatable bonds is 1. The molecule has 0 N–H and O–H groups in total. The van der Waals surface area contributed by atoms with Crippen molar-refractivity contribution in [2.45, 2.75) is 76.7 Å². The van der Waals surface area contributed by atoms with Crippen molar-refractivity contribution in [2.24, 2.45) is 17.3 Å². The molecular weight excluding hydrogens is 324 g/mol. The fourth-order valence-electron chi connectivity index (χ4n) is 7.23. The number of benzene rings is 1. The lowest BCUT2D eigenvalue weighted by Gasteiger charge is -2.53. The minimum atomic E-state index is -0.236. The van der Waals surface area contributed by atoms with E-state index in [1.807, 2.05) is 6.07 Å². The van der Waals surface area contributed by atoms with Crippen molar-refractivity contribution < 1.29 is 14.3 Å². The second kappa shape index (κ2) is 5.82. The normalized spacial score (nSPS) is 40.8. The Morgan fingerprint density at radius 1 is 1.19 bits per heavy atom. The van der Waals surface area contributed by atoms with E-state index in [1.54, 1.807) is 0 Å². The molecule has 140 valence electrons.